The van der Waals surface area contributed by atoms with Crippen molar-refractivity contribution in [2.45, 2.75) is 4.90 Å². The molecule has 2 aromatic rings. The molecule has 0 fully saturated rings. The molecule has 0 bridgehead atoms. The Morgan fingerprint density at radius 1 is 1.09 bits per heavy atom. The van der Waals surface area contributed by atoms with Gasteiger partial charge in [-0.05, 0) is 30.3 Å². The average molecular weight is 348 g/mol. The van der Waals surface area contributed by atoms with E-state index in [-0.39, 0.29) is 10.7 Å². The average Bonchev–Trinajstić information content (AvgIpc) is 2.36. The molecule has 0 saturated carbocycles. The van der Waals surface area contributed by atoms with Gasteiger partial charge in [0.25, 0.3) is 10.0 Å². The first-order valence-electron chi connectivity index (χ1n) is 5.71. The number of hydrogen-bond donors (Lipinski definition) is 2. The first-order chi connectivity index (χ1) is 10.2. The minimum atomic E-state index is -4.22. The Hall–Kier alpha value is -2.19. The minimum Gasteiger partial charge on any atom is -0.478 e. The van der Waals surface area contributed by atoms with Crippen molar-refractivity contribution in [3.8, 4) is 0 Å². The second-order valence-electron chi connectivity index (χ2n) is 4.21. The fourth-order valence-corrected chi connectivity index (χ4v) is 2.93. The lowest BCUT2D eigenvalue weighted by molar-refractivity contribution is 0.0697. The molecule has 0 aromatic heterocycles. The molecule has 0 unspecified atom stereocenters. The predicted octanol–water partition coefficient (Wildman–Crippen LogP) is 3.12. The third kappa shape index (κ3) is 3.52. The third-order valence-corrected chi connectivity index (χ3v) is 4.30. The Morgan fingerprint density at radius 3 is 2.23 bits per heavy atom. The van der Waals surface area contributed by atoms with E-state index in [4.69, 9.17) is 16.7 Å². The van der Waals surface area contributed by atoms with Crippen molar-refractivity contribution < 1.29 is 27.1 Å². The topological polar surface area (TPSA) is 83.5 Å². The second-order valence-corrected chi connectivity index (χ2v) is 6.30. The molecule has 0 aliphatic heterocycles. The summed E-state index contributed by atoms with van der Waals surface area (Å²) in [5.74, 6) is -3.32. The number of sulfonamides is 1. The molecule has 0 heterocycles. The van der Waals surface area contributed by atoms with Crippen LogP contribution in [0.1, 0.15) is 10.4 Å². The molecule has 0 atom stereocenters. The van der Waals surface area contributed by atoms with Crippen LogP contribution in [0, 0.1) is 11.6 Å². The zero-order valence-electron chi connectivity index (χ0n) is 10.7. The standard InChI is InChI=1S/C13H8ClF2NO4S/c14-12-2-1-10(6-11(12)13(18)19)22(20,21)17-9-4-7(15)3-8(16)5-9/h1-6,17H,(H,18,19). The van der Waals surface area contributed by atoms with Crippen LogP contribution in [0.5, 0.6) is 0 Å². The molecule has 22 heavy (non-hydrogen) atoms. The van der Waals surface area contributed by atoms with Crippen LogP contribution in [0.4, 0.5) is 14.5 Å². The van der Waals surface area contributed by atoms with Crippen molar-refractivity contribution >= 4 is 33.3 Å². The highest BCUT2D eigenvalue weighted by atomic mass is 35.5. The monoisotopic (exact) mass is 347 g/mol. The summed E-state index contributed by atoms with van der Waals surface area (Å²) < 4.78 is 52.3. The summed E-state index contributed by atoms with van der Waals surface area (Å²) in [4.78, 5) is 10.5. The number of benzene rings is 2. The van der Waals surface area contributed by atoms with Gasteiger partial charge in [-0.2, -0.15) is 0 Å². The largest absolute Gasteiger partial charge is 0.478 e. The molecule has 2 aromatic carbocycles. The highest BCUT2D eigenvalue weighted by Gasteiger charge is 2.19. The van der Waals surface area contributed by atoms with Gasteiger partial charge in [0.15, 0.2) is 0 Å². The maximum Gasteiger partial charge on any atom is 0.337 e. The maximum absolute atomic E-state index is 13.1. The number of carboxylic acids is 1. The van der Waals surface area contributed by atoms with Gasteiger partial charge >= 0.3 is 5.97 Å². The fraction of sp³-hybridized carbons (Fsp3) is 0. The highest BCUT2D eigenvalue weighted by Crippen LogP contribution is 2.23. The highest BCUT2D eigenvalue weighted by molar-refractivity contribution is 7.92. The molecule has 5 nitrogen and oxygen atoms in total. The van der Waals surface area contributed by atoms with Gasteiger partial charge in [-0.25, -0.2) is 22.0 Å². The van der Waals surface area contributed by atoms with Gasteiger partial charge in [0.05, 0.1) is 21.2 Å². The van der Waals surface area contributed by atoms with Crippen LogP contribution in [0.25, 0.3) is 0 Å². The Balaban J connectivity index is 2.42. The summed E-state index contributed by atoms with van der Waals surface area (Å²) in [6.45, 7) is 0. The van der Waals surface area contributed by atoms with Crippen LogP contribution in [0.2, 0.25) is 5.02 Å². The molecule has 0 amide bonds. The smallest absolute Gasteiger partial charge is 0.337 e. The number of halogens is 3. The van der Waals surface area contributed by atoms with Gasteiger partial charge in [-0.15, -0.1) is 0 Å². The molecule has 0 aliphatic carbocycles. The van der Waals surface area contributed by atoms with Gasteiger partial charge in [0.1, 0.15) is 11.6 Å². The van der Waals surface area contributed by atoms with Crippen molar-refractivity contribution in [1.82, 2.24) is 0 Å². The van der Waals surface area contributed by atoms with Crippen LogP contribution < -0.4 is 4.72 Å². The minimum absolute atomic E-state index is 0.136. The number of nitrogens with one attached hydrogen (secondary N) is 1. The van der Waals surface area contributed by atoms with Crippen LogP contribution >= 0.6 is 11.6 Å². The van der Waals surface area contributed by atoms with Crippen molar-refractivity contribution in [2.24, 2.45) is 0 Å². The number of hydrogen-bond acceptors (Lipinski definition) is 3. The Kier molecular flexibility index (Phi) is 4.34. The summed E-state index contributed by atoms with van der Waals surface area (Å²) >= 11 is 5.65. The lowest BCUT2D eigenvalue weighted by Crippen LogP contribution is -2.14. The van der Waals surface area contributed by atoms with Crippen molar-refractivity contribution in [3.63, 3.8) is 0 Å². The lowest BCUT2D eigenvalue weighted by atomic mass is 10.2. The lowest BCUT2D eigenvalue weighted by Gasteiger charge is -2.09. The van der Waals surface area contributed by atoms with Gasteiger partial charge in [0, 0.05) is 6.07 Å². The SMILES string of the molecule is O=C(O)c1cc(S(=O)(=O)Nc2cc(F)cc(F)c2)ccc1Cl. The molecule has 116 valence electrons. The van der Waals surface area contributed by atoms with Crippen molar-refractivity contribution in [2.75, 3.05) is 4.72 Å². The summed E-state index contributed by atoms with van der Waals surface area (Å²) in [5.41, 5.74) is -0.737. The normalized spacial score (nSPS) is 11.2. The van der Waals surface area contributed by atoms with E-state index in [9.17, 15) is 22.0 Å². The van der Waals surface area contributed by atoms with E-state index < -0.39 is 38.1 Å². The molecule has 2 rings (SSSR count). The number of carboxylic acid groups (broad SMARTS) is 1. The zero-order chi connectivity index (χ0) is 16.5. The molecular weight excluding hydrogens is 340 g/mol. The zero-order valence-corrected chi connectivity index (χ0v) is 12.3. The second kappa shape index (κ2) is 5.90. The Bertz CT molecular complexity index is 835. The Labute approximate surface area is 129 Å². The van der Waals surface area contributed by atoms with Crippen molar-refractivity contribution in [1.29, 1.82) is 0 Å². The summed E-state index contributed by atoms with van der Waals surface area (Å²) in [6, 6.07) is 5.19. The van der Waals surface area contributed by atoms with E-state index in [0.29, 0.717) is 6.07 Å². The number of anilines is 1. The summed E-state index contributed by atoms with van der Waals surface area (Å²) in [7, 11) is -4.22. The van der Waals surface area contributed by atoms with E-state index in [1.54, 1.807) is 0 Å². The van der Waals surface area contributed by atoms with Crippen LogP contribution in [0.15, 0.2) is 41.3 Å². The maximum atomic E-state index is 13.1. The van der Waals surface area contributed by atoms with Crippen LogP contribution in [0.3, 0.4) is 0 Å². The quantitative estimate of drug-likeness (QED) is 0.890. The molecule has 0 saturated heterocycles. The number of rotatable bonds is 4. The van der Waals surface area contributed by atoms with Gasteiger partial charge in [-0.3, -0.25) is 4.72 Å². The fourth-order valence-electron chi connectivity index (χ4n) is 1.66. The predicted molar refractivity (Wildman–Crippen MR) is 75.6 cm³/mol. The molecule has 9 heteroatoms. The third-order valence-electron chi connectivity index (χ3n) is 2.59. The van der Waals surface area contributed by atoms with Gasteiger partial charge in [-0.1, -0.05) is 11.6 Å². The van der Waals surface area contributed by atoms with E-state index >= 15 is 0 Å². The molecule has 0 radical (unpaired) electrons. The van der Waals surface area contributed by atoms with E-state index in [0.717, 1.165) is 30.3 Å². The van der Waals surface area contributed by atoms with Crippen molar-refractivity contribution in [3.05, 3.63) is 58.6 Å². The molecular formula is C13H8ClF2NO4S. The molecule has 0 aliphatic rings. The van der Waals surface area contributed by atoms with E-state index in [1.165, 1.54) is 0 Å². The van der Waals surface area contributed by atoms with Gasteiger partial charge in [0.2, 0.25) is 0 Å². The first kappa shape index (κ1) is 16.2. The van der Waals surface area contributed by atoms with E-state index in [1.807, 2.05) is 4.72 Å². The molecule has 0 spiro atoms. The van der Waals surface area contributed by atoms with E-state index in [2.05, 4.69) is 0 Å². The first-order valence-corrected chi connectivity index (χ1v) is 7.57. The van der Waals surface area contributed by atoms with Gasteiger partial charge < -0.3 is 5.11 Å². The van der Waals surface area contributed by atoms with Crippen LogP contribution in [-0.4, -0.2) is 19.5 Å². The summed E-state index contributed by atoms with van der Waals surface area (Å²) in [5, 5.41) is 8.78. The number of aromatic carboxylic acids is 1. The van der Waals surface area contributed by atoms with Crippen LogP contribution in [-0.2, 0) is 10.0 Å². The number of carbonyl (C=O) groups is 1. The summed E-state index contributed by atoms with van der Waals surface area (Å²) in [6.07, 6.45) is 0. The Morgan fingerprint density at radius 2 is 1.68 bits per heavy atom. The molecule has 2 N–H and O–H groups in total.